The third kappa shape index (κ3) is 4.97. The van der Waals surface area contributed by atoms with Crippen molar-refractivity contribution in [1.29, 1.82) is 0 Å². The van der Waals surface area contributed by atoms with Crippen molar-refractivity contribution in [2.75, 3.05) is 19.6 Å². The van der Waals surface area contributed by atoms with Crippen LogP contribution in [0.25, 0.3) is 0 Å². The van der Waals surface area contributed by atoms with E-state index in [4.69, 9.17) is 28.9 Å². The highest BCUT2D eigenvalue weighted by Crippen LogP contribution is 2.24. The molecule has 0 aliphatic carbocycles. The number of hydrogen-bond donors (Lipinski definition) is 1. The molecule has 0 bridgehead atoms. The van der Waals surface area contributed by atoms with Crippen LogP contribution in [0.15, 0.2) is 23.2 Å². The third-order valence-electron chi connectivity index (χ3n) is 3.38. The van der Waals surface area contributed by atoms with E-state index in [0.717, 1.165) is 18.7 Å². The molecule has 1 aromatic carbocycles. The van der Waals surface area contributed by atoms with E-state index in [1.165, 1.54) is 19.3 Å². The van der Waals surface area contributed by atoms with Crippen molar-refractivity contribution in [1.82, 2.24) is 4.90 Å². The van der Waals surface area contributed by atoms with Gasteiger partial charge in [0.15, 0.2) is 5.96 Å². The lowest BCUT2D eigenvalue weighted by Gasteiger charge is -2.27. The Balaban J connectivity index is 0.00000200. The highest BCUT2D eigenvalue weighted by molar-refractivity contribution is 14.0. The zero-order chi connectivity index (χ0) is 13.7. The Hall–Kier alpha value is -0.200. The smallest absolute Gasteiger partial charge is 0.191 e. The Morgan fingerprint density at radius 1 is 1.15 bits per heavy atom. The fourth-order valence-corrected chi connectivity index (χ4v) is 2.86. The lowest BCUT2D eigenvalue weighted by molar-refractivity contribution is 0.338. The van der Waals surface area contributed by atoms with Gasteiger partial charge in [-0.25, -0.2) is 0 Å². The van der Waals surface area contributed by atoms with E-state index in [-0.39, 0.29) is 24.0 Å². The molecule has 20 heavy (non-hydrogen) atoms. The molecule has 0 atom stereocenters. The van der Waals surface area contributed by atoms with Gasteiger partial charge in [-0.05, 0) is 43.4 Å². The average Bonchev–Trinajstić information content (AvgIpc) is 2.43. The second-order valence-corrected chi connectivity index (χ2v) is 5.55. The van der Waals surface area contributed by atoms with E-state index in [1.54, 1.807) is 0 Å². The van der Waals surface area contributed by atoms with Crippen LogP contribution >= 0.6 is 47.2 Å². The van der Waals surface area contributed by atoms with Gasteiger partial charge in [0.25, 0.3) is 0 Å². The monoisotopic (exact) mass is 427 g/mol. The first-order valence-electron chi connectivity index (χ1n) is 6.66. The van der Waals surface area contributed by atoms with Crippen molar-refractivity contribution in [3.8, 4) is 0 Å². The Labute approximate surface area is 147 Å². The molecule has 2 rings (SSSR count). The zero-order valence-corrected chi connectivity index (χ0v) is 15.2. The summed E-state index contributed by atoms with van der Waals surface area (Å²) in [5.74, 6) is 0.642. The largest absolute Gasteiger partial charge is 0.370 e. The maximum absolute atomic E-state index is 6.12. The SMILES string of the molecule is I.NC(=NCCc1c(Cl)cccc1Cl)N1CCCCC1. The molecule has 3 nitrogen and oxygen atoms in total. The van der Waals surface area contributed by atoms with Gasteiger partial charge < -0.3 is 10.6 Å². The van der Waals surface area contributed by atoms with Gasteiger partial charge in [0.1, 0.15) is 0 Å². The summed E-state index contributed by atoms with van der Waals surface area (Å²) < 4.78 is 0. The van der Waals surface area contributed by atoms with Crippen molar-refractivity contribution < 1.29 is 0 Å². The number of nitrogens with zero attached hydrogens (tertiary/aromatic N) is 2. The van der Waals surface area contributed by atoms with E-state index in [0.29, 0.717) is 29.0 Å². The number of guanidine groups is 1. The molecule has 0 saturated carbocycles. The standard InChI is InChI=1S/C14H19Cl2N3.HI/c15-12-5-4-6-13(16)11(12)7-8-18-14(17)19-9-2-1-3-10-19;/h4-6H,1-3,7-10H2,(H2,17,18);1H. The number of halogens is 3. The molecule has 0 aromatic heterocycles. The van der Waals surface area contributed by atoms with E-state index in [9.17, 15) is 0 Å². The zero-order valence-electron chi connectivity index (χ0n) is 11.3. The number of benzene rings is 1. The summed E-state index contributed by atoms with van der Waals surface area (Å²) in [7, 11) is 0. The van der Waals surface area contributed by atoms with Crippen LogP contribution in [0, 0.1) is 0 Å². The molecular weight excluding hydrogens is 408 g/mol. The minimum absolute atomic E-state index is 0. The first-order valence-corrected chi connectivity index (χ1v) is 7.42. The van der Waals surface area contributed by atoms with Gasteiger partial charge >= 0.3 is 0 Å². The van der Waals surface area contributed by atoms with Crippen molar-refractivity contribution >= 4 is 53.1 Å². The number of likely N-dealkylation sites (tertiary alicyclic amines) is 1. The van der Waals surface area contributed by atoms with Crippen LogP contribution in [0.3, 0.4) is 0 Å². The van der Waals surface area contributed by atoms with Crippen molar-refractivity contribution in [3.05, 3.63) is 33.8 Å². The van der Waals surface area contributed by atoms with E-state index in [1.807, 2.05) is 18.2 Å². The Bertz CT molecular complexity index is 439. The first kappa shape index (κ1) is 17.9. The molecule has 0 spiro atoms. The second-order valence-electron chi connectivity index (χ2n) is 4.74. The number of piperidine rings is 1. The van der Waals surface area contributed by atoms with Crippen molar-refractivity contribution in [2.24, 2.45) is 10.7 Å². The second kappa shape index (κ2) is 8.95. The minimum Gasteiger partial charge on any atom is -0.370 e. The molecule has 6 heteroatoms. The summed E-state index contributed by atoms with van der Waals surface area (Å²) >= 11 is 12.2. The lowest BCUT2D eigenvalue weighted by Crippen LogP contribution is -2.41. The summed E-state index contributed by atoms with van der Waals surface area (Å²) in [5.41, 5.74) is 6.94. The molecule has 1 heterocycles. The highest BCUT2D eigenvalue weighted by Gasteiger charge is 2.11. The van der Waals surface area contributed by atoms with Crippen molar-refractivity contribution in [3.63, 3.8) is 0 Å². The van der Waals surface area contributed by atoms with Crippen LogP contribution in [0.4, 0.5) is 0 Å². The minimum atomic E-state index is 0. The first-order chi connectivity index (χ1) is 9.18. The van der Waals surface area contributed by atoms with Gasteiger partial charge in [-0.1, -0.05) is 29.3 Å². The topological polar surface area (TPSA) is 41.6 Å². The highest BCUT2D eigenvalue weighted by atomic mass is 127. The van der Waals surface area contributed by atoms with Crippen LogP contribution in [0.5, 0.6) is 0 Å². The molecular formula is C14H20Cl2IN3. The number of aliphatic imine (C=N–C) groups is 1. The molecule has 112 valence electrons. The van der Waals surface area contributed by atoms with Gasteiger partial charge in [-0.3, -0.25) is 4.99 Å². The molecule has 1 aliphatic rings. The van der Waals surface area contributed by atoms with Crippen LogP contribution in [-0.4, -0.2) is 30.5 Å². The van der Waals surface area contributed by atoms with Crippen LogP contribution in [-0.2, 0) is 6.42 Å². The molecule has 2 N–H and O–H groups in total. The fraction of sp³-hybridized carbons (Fsp3) is 0.500. The molecule has 1 saturated heterocycles. The van der Waals surface area contributed by atoms with Crippen LogP contribution in [0.2, 0.25) is 10.0 Å². The lowest BCUT2D eigenvalue weighted by atomic mass is 10.1. The molecule has 1 fully saturated rings. The van der Waals surface area contributed by atoms with Crippen LogP contribution < -0.4 is 5.73 Å². The maximum atomic E-state index is 6.12. The summed E-state index contributed by atoms with van der Waals surface area (Å²) in [6.45, 7) is 2.65. The van der Waals surface area contributed by atoms with Gasteiger partial charge in [-0.2, -0.15) is 0 Å². The Morgan fingerprint density at radius 2 is 1.75 bits per heavy atom. The van der Waals surface area contributed by atoms with Gasteiger partial charge in [0.05, 0.1) is 0 Å². The summed E-state index contributed by atoms with van der Waals surface area (Å²) in [6.07, 6.45) is 4.41. The summed E-state index contributed by atoms with van der Waals surface area (Å²) in [5, 5.41) is 1.39. The number of rotatable bonds is 3. The fourth-order valence-electron chi connectivity index (χ4n) is 2.28. The molecule has 0 radical (unpaired) electrons. The summed E-state index contributed by atoms with van der Waals surface area (Å²) in [4.78, 5) is 6.58. The molecule has 1 aliphatic heterocycles. The third-order valence-corrected chi connectivity index (χ3v) is 4.09. The predicted molar refractivity (Wildman–Crippen MR) is 97.5 cm³/mol. The molecule has 0 amide bonds. The van der Waals surface area contributed by atoms with Gasteiger partial charge in [0, 0.05) is 29.7 Å². The molecule has 1 aromatic rings. The van der Waals surface area contributed by atoms with Gasteiger partial charge in [0.2, 0.25) is 0 Å². The van der Waals surface area contributed by atoms with E-state index >= 15 is 0 Å². The van der Waals surface area contributed by atoms with Gasteiger partial charge in [-0.15, -0.1) is 24.0 Å². The van der Waals surface area contributed by atoms with E-state index < -0.39 is 0 Å². The molecule has 0 unspecified atom stereocenters. The number of nitrogens with two attached hydrogens (primary N) is 1. The normalized spacial score (nSPS) is 15.9. The van der Waals surface area contributed by atoms with E-state index in [2.05, 4.69) is 9.89 Å². The predicted octanol–water partition coefficient (Wildman–Crippen LogP) is 3.95. The Kier molecular flexibility index (Phi) is 7.99. The van der Waals surface area contributed by atoms with Crippen LogP contribution in [0.1, 0.15) is 24.8 Å². The quantitative estimate of drug-likeness (QED) is 0.450. The van der Waals surface area contributed by atoms with Crippen molar-refractivity contribution in [2.45, 2.75) is 25.7 Å². The maximum Gasteiger partial charge on any atom is 0.191 e. The summed E-state index contributed by atoms with van der Waals surface area (Å²) in [6, 6.07) is 5.54. The average molecular weight is 428 g/mol. The number of hydrogen-bond acceptors (Lipinski definition) is 1. The Morgan fingerprint density at radius 3 is 2.35 bits per heavy atom.